The van der Waals surface area contributed by atoms with Crippen molar-refractivity contribution in [2.24, 2.45) is 5.73 Å². The second-order valence-corrected chi connectivity index (χ2v) is 9.05. The number of aliphatic carboxylic acids is 2. The summed E-state index contributed by atoms with van der Waals surface area (Å²) >= 11 is 1.47. The molecular formula is C23H31N5O7S. The Morgan fingerprint density at radius 1 is 0.972 bits per heavy atom. The van der Waals surface area contributed by atoms with Crippen molar-refractivity contribution in [2.45, 2.75) is 43.8 Å². The lowest BCUT2D eigenvalue weighted by atomic mass is 10.0. The van der Waals surface area contributed by atoms with Gasteiger partial charge in [0.1, 0.15) is 18.1 Å². The van der Waals surface area contributed by atoms with Crippen LogP contribution in [0.5, 0.6) is 0 Å². The van der Waals surface area contributed by atoms with Crippen LogP contribution in [-0.4, -0.2) is 81.5 Å². The van der Waals surface area contributed by atoms with E-state index in [-0.39, 0.29) is 25.8 Å². The van der Waals surface area contributed by atoms with Crippen molar-refractivity contribution in [1.82, 2.24) is 20.9 Å². The molecule has 1 aromatic heterocycles. The van der Waals surface area contributed by atoms with E-state index < -0.39 is 54.2 Å². The maximum atomic E-state index is 13.2. The number of hydrogen-bond donors (Lipinski definition) is 7. The summed E-state index contributed by atoms with van der Waals surface area (Å²) in [5.41, 5.74) is 6.88. The number of benzene rings is 1. The fraction of sp³-hybridized carbons (Fsp3) is 0.435. The van der Waals surface area contributed by atoms with E-state index in [2.05, 4.69) is 20.9 Å². The molecular weight excluding hydrogens is 490 g/mol. The van der Waals surface area contributed by atoms with Crippen LogP contribution < -0.4 is 21.7 Å². The molecule has 0 bridgehead atoms. The zero-order chi connectivity index (χ0) is 26.7. The van der Waals surface area contributed by atoms with Gasteiger partial charge in [0, 0.05) is 29.9 Å². The fourth-order valence-corrected chi connectivity index (χ4v) is 4.03. The number of amides is 3. The smallest absolute Gasteiger partial charge is 0.326 e. The maximum Gasteiger partial charge on any atom is 0.326 e. The Morgan fingerprint density at radius 2 is 1.64 bits per heavy atom. The Kier molecular flexibility index (Phi) is 11.2. The van der Waals surface area contributed by atoms with Gasteiger partial charge in [-0.2, -0.15) is 11.8 Å². The van der Waals surface area contributed by atoms with Crippen LogP contribution in [0.25, 0.3) is 10.9 Å². The lowest BCUT2D eigenvalue weighted by Gasteiger charge is -2.24. The average Bonchev–Trinajstić information content (AvgIpc) is 3.25. The molecule has 3 amide bonds. The molecule has 12 nitrogen and oxygen atoms in total. The molecule has 3 unspecified atom stereocenters. The molecule has 3 atom stereocenters. The summed E-state index contributed by atoms with van der Waals surface area (Å²) in [5.74, 6) is -3.99. The van der Waals surface area contributed by atoms with Crippen LogP contribution in [0.3, 0.4) is 0 Å². The topological polar surface area (TPSA) is 204 Å². The Labute approximate surface area is 211 Å². The summed E-state index contributed by atoms with van der Waals surface area (Å²) < 4.78 is 0. The normalized spacial score (nSPS) is 13.4. The largest absolute Gasteiger partial charge is 0.481 e. The average molecular weight is 522 g/mol. The first-order valence-electron chi connectivity index (χ1n) is 11.2. The van der Waals surface area contributed by atoms with Gasteiger partial charge in [-0.15, -0.1) is 0 Å². The van der Waals surface area contributed by atoms with Gasteiger partial charge < -0.3 is 36.9 Å². The molecule has 2 rings (SSSR count). The number of carbonyl (C=O) groups excluding carboxylic acids is 3. The van der Waals surface area contributed by atoms with E-state index in [9.17, 15) is 29.1 Å². The summed E-state index contributed by atoms with van der Waals surface area (Å²) in [7, 11) is 0. The highest BCUT2D eigenvalue weighted by Crippen LogP contribution is 2.19. The molecule has 0 saturated heterocycles. The van der Waals surface area contributed by atoms with Crippen LogP contribution in [0.2, 0.25) is 0 Å². The Bertz CT molecular complexity index is 1090. The number of nitrogens with one attached hydrogen (secondary N) is 4. The zero-order valence-corrected chi connectivity index (χ0v) is 20.6. The van der Waals surface area contributed by atoms with Crippen LogP contribution in [0, 0.1) is 0 Å². The van der Waals surface area contributed by atoms with Gasteiger partial charge in [-0.3, -0.25) is 19.2 Å². The number of rotatable bonds is 15. The van der Waals surface area contributed by atoms with Crippen molar-refractivity contribution in [3.63, 3.8) is 0 Å². The molecule has 0 fully saturated rings. The standard InChI is InChI=1S/C23H31N5O7S/c1-36-9-8-16(26-19(29)11-24)21(32)28-18(10-13-12-25-15-5-3-2-4-14(13)15)22(33)27-17(23(34)35)6-7-20(30)31/h2-5,12,16-18,25H,6-11,24H2,1H3,(H,26,29)(H,27,33)(H,28,32)(H,30,31)(H,34,35). The van der Waals surface area contributed by atoms with Crippen molar-refractivity contribution in [1.29, 1.82) is 0 Å². The van der Waals surface area contributed by atoms with Crippen LogP contribution in [0.4, 0.5) is 0 Å². The molecule has 0 aliphatic rings. The highest BCUT2D eigenvalue weighted by Gasteiger charge is 2.30. The molecule has 2 aromatic rings. The minimum Gasteiger partial charge on any atom is -0.481 e. The third-order valence-corrected chi connectivity index (χ3v) is 6.09. The van der Waals surface area contributed by atoms with Gasteiger partial charge in [-0.05, 0) is 36.5 Å². The van der Waals surface area contributed by atoms with Gasteiger partial charge >= 0.3 is 11.9 Å². The molecule has 0 radical (unpaired) electrons. The summed E-state index contributed by atoms with van der Waals surface area (Å²) in [6, 6.07) is 3.74. The number of aromatic nitrogens is 1. The number of nitrogens with two attached hydrogens (primary N) is 1. The van der Waals surface area contributed by atoms with Crippen molar-refractivity contribution in [3.8, 4) is 0 Å². The Hall–Kier alpha value is -3.58. The van der Waals surface area contributed by atoms with Crippen molar-refractivity contribution in [2.75, 3.05) is 18.6 Å². The third-order valence-electron chi connectivity index (χ3n) is 5.44. The van der Waals surface area contributed by atoms with Crippen LogP contribution >= 0.6 is 11.8 Å². The number of hydrogen-bond acceptors (Lipinski definition) is 7. The first-order valence-corrected chi connectivity index (χ1v) is 12.6. The molecule has 196 valence electrons. The van der Waals surface area contributed by atoms with E-state index in [1.54, 1.807) is 6.20 Å². The van der Waals surface area contributed by atoms with Gasteiger partial charge in [0.05, 0.1) is 6.54 Å². The summed E-state index contributed by atoms with van der Waals surface area (Å²) in [4.78, 5) is 63.7. The van der Waals surface area contributed by atoms with Gasteiger partial charge in [-0.1, -0.05) is 18.2 Å². The SMILES string of the molecule is CSCCC(NC(=O)CN)C(=O)NC(Cc1c[nH]c2ccccc12)C(=O)NC(CCC(=O)O)C(=O)O. The second-order valence-electron chi connectivity index (χ2n) is 8.06. The van der Waals surface area contributed by atoms with E-state index in [4.69, 9.17) is 10.8 Å². The highest BCUT2D eigenvalue weighted by atomic mass is 32.2. The molecule has 8 N–H and O–H groups in total. The molecule has 36 heavy (non-hydrogen) atoms. The highest BCUT2D eigenvalue weighted by molar-refractivity contribution is 7.98. The number of thioether (sulfide) groups is 1. The molecule has 1 heterocycles. The maximum absolute atomic E-state index is 13.2. The van der Waals surface area contributed by atoms with Gasteiger partial charge in [0.25, 0.3) is 0 Å². The number of para-hydroxylation sites is 1. The molecule has 0 saturated carbocycles. The predicted octanol–water partition coefficient (Wildman–Crippen LogP) is -0.174. The first kappa shape index (κ1) is 28.7. The Balaban J connectivity index is 2.29. The predicted molar refractivity (Wildman–Crippen MR) is 134 cm³/mol. The van der Waals surface area contributed by atoms with Crippen LogP contribution in [-0.2, 0) is 30.4 Å². The van der Waals surface area contributed by atoms with Gasteiger partial charge in [0.15, 0.2) is 0 Å². The zero-order valence-electron chi connectivity index (χ0n) is 19.8. The number of carboxylic acid groups (broad SMARTS) is 2. The van der Waals surface area contributed by atoms with Crippen molar-refractivity contribution in [3.05, 3.63) is 36.0 Å². The van der Waals surface area contributed by atoms with Crippen LogP contribution in [0.15, 0.2) is 30.5 Å². The van der Waals surface area contributed by atoms with E-state index in [1.807, 2.05) is 30.5 Å². The monoisotopic (exact) mass is 521 g/mol. The second kappa shape index (κ2) is 14.1. The first-order chi connectivity index (χ1) is 17.2. The van der Waals surface area contributed by atoms with E-state index in [1.165, 1.54) is 11.8 Å². The molecule has 13 heteroatoms. The Morgan fingerprint density at radius 3 is 2.28 bits per heavy atom. The molecule has 1 aromatic carbocycles. The molecule has 0 aliphatic heterocycles. The van der Waals surface area contributed by atoms with Crippen LogP contribution in [0.1, 0.15) is 24.8 Å². The van der Waals surface area contributed by atoms with E-state index >= 15 is 0 Å². The van der Waals surface area contributed by atoms with E-state index in [0.717, 1.165) is 10.9 Å². The van der Waals surface area contributed by atoms with E-state index in [0.29, 0.717) is 11.3 Å². The minimum atomic E-state index is -1.46. The summed E-state index contributed by atoms with van der Waals surface area (Å²) in [6.45, 7) is -0.313. The minimum absolute atomic E-state index is 0.0208. The number of carbonyl (C=O) groups is 5. The van der Waals surface area contributed by atoms with Gasteiger partial charge in [-0.25, -0.2) is 4.79 Å². The number of carboxylic acids is 2. The van der Waals surface area contributed by atoms with Crippen molar-refractivity contribution < 1.29 is 34.2 Å². The number of fused-ring (bicyclic) bond motifs is 1. The fourth-order valence-electron chi connectivity index (χ4n) is 3.56. The third kappa shape index (κ3) is 8.57. The number of H-pyrrole nitrogens is 1. The lowest BCUT2D eigenvalue weighted by Crippen LogP contribution is -2.57. The van der Waals surface area contributed by atoms with Crippen molar-refractivity contribution >= 4 is 52.3 Å². The molecule has 0 aliphatic carbocycles. The number of aromatic amines is 1. The quantitative estimate of drug-likeness (QED) is 0.166. The lowest BCUT2D eigenvalue weighted by molar-refractivity contribution is -0.143. The summed E-state index contributed by atoms with van der Waals surface area (Å²) in [5, 5.41) is 26.7. The van der Waals surface area contributed by atoms with Gasteiger partial charge in [0.2, 0.25) is 17.7 Å². The summed E-state index contributed by atoms with van der Waals surface area (Å²) in [6.07, 6.45) is 3.06. The molecule has 0 spiro atoms.